The van der Waals surface area contributed by atoms with Crippen LogP contribution in [-0.4, -0.2) is 26.5 Å². The average Bonchev–Trinajstić information content (AvgIpc) is 3.18. The molecule has 0 aliphatic carbocycles. The van der Waals surface area contributed by atoms with Crippen molar-refractivity contribution in [2.75, 3.05) is 6.54 Å². The summed E-state index contributed by atoms with van der Waals surface area (Å²) in [7, 11) is 0. The van der Waals surface area contributed by atoms with Crippen molar-refractivity contribution in [2.45, 2.75) is 40.3 Å². The number of carbonyl (C=O) groups is 1. The van der Waals surface area contributed by atoms with E-state index in [0.29, 0.717) is 42.0 Å². The van der Waals surface area contributed by atoms with E-state index in [1.807, 2.05) is 62.4 Å². The summed E-state index contributed by atoms with van der Waals surface area (Å²) < 4.78 is 3.02. The van der Waals surface area contributed by atoms with Gasteiger partial charge in [0.1, 0.15) is 4.83 Å². The molecule has 0 radical (unpaired) electrons. The molecule has 33 heavy (non-hydrogen) atoms. The Kier molecular flexibility index (Phi) is 5.29. The summed E-state index contributed by atoms with van der Waals surface area (Å²) in [4.78, 5) is 42.9. The quantitative estimate of drug-likeness (QED) is 0.468. The number of rotatable bonds is 3. The van der Waals surface area contributed by atoms with E-state index >= 15 is 0 Å². The highest BCUT2D eigenvalue weighted by molar-refractivity contribution is 7.18. The van der Waals surface area contributed by atoms with Crippen LogP contribution in [0.15, 0.2) is 58.1 Å². The lowest BCUT2D eigenvalue weighted by atomic mass is 10.0. The van der Waals surface area contributed by atoms with Crippen molar-refractivity contribution < 1.29 is 4.79 Å². The number of amides is 1. The summed E-state index contributed by atoms with van der Waals surface area (Å²) >= 11 is 1.46. The van der Waals surface area contributed by atoms with Gasteiger partial charge in [-0.2, -0.15) is 0 Å². The summed E-state index contributed by atoms with van der Waals surface area (Å²) in [6.07, 6.45) is 0.612. The Morgan fingerprint density at radius 1 is 1.03 bits per heavy atom. The van der Waals surface area contributed by atoms with E-state index in [9.17, 15) is 14.4 Å². The first-order chi connectivity index (χ1) is 15.8. The maximum absolute atomic E-state index is 13.8. The maximum atomic E-state index is 13.8. The summed E-state index contributed by atoms with van der Waals surface area (Å²) in [5.74, 6) is 0.0208. The SMILES string of the molecule is CC(=O)N1CCc2c(sc3c2c(=O)n(-c2ccc(C)cc2)c(=O)n3Cc2ccccc2C)C1. The van der Waals surface area contributed by atoms with E-state index in [-0.39, 0.29) is 17.2 Å². The Bertz CT molecular complexity index is 1510. The monoisotopic (exact) mass is 459 g/mol. The van der Waals surface area contributed by atoms with Gasteiger partial charge in [-0.05, 0) is 49.1 Å². The molecule has 0 N–H and O–H groups in total. The fraction of sp³-hybridized carbons (Fsp3) is 0.269. The molecule has 1 aliphatic heterocycles. The van der Waals surface area contributed by atoms with Crippen LogP contribution in [0, 0.1) is 13.8 Å². The van der Waals surface area contributed by atoms with E-state index in [0.717, 1.165) is 27.1 Å². The van der Waals surface area contributed by atoms with Crippen LogP contribution in [0.5, 0.6) is 0 Å². The molecule has 3 heterocycles. The summed E-state index contributed by atoms with van der Waals surface area (Å²) in [5.41, 5.74) is 4.09. The molecule has 0 saturated heterocycles. The van der Waals surface area contributed by atoms with Crippen molar-refractivity contribution in [3.63, 3.8) is 0 Å². The highest BCUT2D eigenvalue weighted by Gasteiger charge is 2.27. The fourth-order valence-electron chi connectivity index (χ4n) is 4.49. The van der Waals surface area contributed by atoms with Gasteiger partial charge in [0.2, 0.25) is 5.91 Å². The van der Waals surface area contributed by atoms with Crippen molar-refractivity contribution in [3.8, 4) is 5.69 Å². The van der Waals surface area contributed by atoms with Gasteiger partial charge in [-0.1, -0.05) is 42.0 Å². The van der Waals surface area contributed by atoms with Crippen LogP contribution < -0.4 is 11.2 Å². The third kappa shape index (κ3) is 3.62. The molecule has 168 valence electrons. The molecule has 2 aromatic heterocycles. The average molecular weight is 460 g/mol. The second kappa shape index (κ2) is 8.15. The number of hydrogen-bond acceptors (Lipinski definition) is 4. The molecule has 0 saturated carbocycles. The van der Waals surface area contributed by atoms with Gasteiger partial charge in [0.05, 0.1) is 24.2 Å². The van der Waals surface area contributed by atoms with Gasteiger partial charge >= 0.3 is 5.69 Å². The van der Waals surface area contributed by atoms with Crippen LogP contribution in [0.25, 0.3) is 15.9 Å². The molecular formula is C26H25N3O3S. The Morgan fingerprint density at radius 2 is 1.76 bits per heavy atom. The lowest BCUT2D eigenvalue weighted by Gasteiger charge is -2.25. The standard InChI is InChI=1S/C26H25N3O3S/c1-16-8-10-20(11-9-16)29-24(31)23-21-12-13-27(18(3)30)15-22(21)33-25(23)28(26(29)32)14-19-7-5-4-6-17(19)2/h4-11H,12-15H2,1-3H3. The van der Waals surface area contributed by atoms with Gasteiger partial charge < -0.3 is 4.90 Å². The summed E-state index contributed by atoms with van der Waals surface area (Å²) in [6.45, 7) is 7.00. The van der Waals surface area contributed by atoms with Gasteiger partial charge in [0, 0.05) is 18.3 Å². The smallest absolute Gasteiger partial charge is 0.337 e. The van der Waals surface area contributed by atoms with Crippen LogP contribution in [0.2, 0.25) is 0 Å². The number of thiophene rings is 1. The predicted molar refractivity (Wildman–Crippen MR) is 131 cm³/mol. The highest BCUT2D eigenvalue weighted by Crippen LogP contribution is 2.33. The first-order valence-electron chi connectivity index (χ1n) is 11.0. The van der Waals surface area contributed by atoms with Crippen molar-refractivity contribution >= 4 is 27.5 Å². The molecule has 0 bridgehead atoms. The van der Waals surface area contributed by atoms with E-state index in [1.54, 1.807) is 16.4 Å². The molecule has 1 aliphatic rings. The second-order valence-electron chi connectivity index (χ2n) is 8.65. The third-order valence-electron chi connectivity index (χ3n) is 6.45. The number of benzene rings is 2. The summed E-state index contributed by atoms with van der Waals surface area (Å²) in [5, 5.41) is 0.604. The number of fused-ring (bicyclic) bond motifs is 3. The lowest BCUT2D eigenvalue weighted by molar-refractivity contribution is -0.129. The molecule has 5 rings (SSSR count). The van der Waals surface area contributed by atoms with Gasteiger partial charge in [-0.15, -0.1) is 11.3 Å². The Hall–Kier alpha value is -3.45. The number of aryl methyl sites for hydroxylation is 2. The van der Waals surface area contributed by atoms with E-state index in [4.69, 9.17) is 0 Å². The minimum absolute atomic E-state index is 0.0208. The maximum Gasteiger partial charge on any atom is 0.337 e. The topological polar surface area (TPSA) is 64.3 Å². The number of carbonyl (C=O) groups excluding carboxylic acids is 1. The number of aromatic nitrogens is 2. The Labute approximate surface area is 195 Å². The van der Waals surface area contributed by atoms with Gasteiger partial charge in [0.25, 0.3) is 5.56 Å². The fourth-order valence-corrected chi connectivity index (χ4v) is 5.84. The zero-order valence-corrected chi connectivity index (χ0v) is 19.7. The summed E-state index contributed by atoms with van der Waals surface area (Å²) in [6, 6.07) is 15.4. The van der Waals surface area contributed by atoms with Crippen LogP contribution in [0.1, 0.15) is 34.1 Å². The van der Waals surface area contributed by atoms with Crippen molar-refractivity contribution in [3.05, 3.63) is 96.5 Å². The Morgan fingerprint density at radius 3 is 2.45 bits per heavy atom. The van der Waals surface area contributed by atoms with Crippen LogP contribution in [-0.2, 0) is 24.3 Å². The van der Waals surface area contributed by atoms with Crippen LogP contribution in [0.3, 0.4) is 0 Å². The van der Waals surface area contributed by atoms with Crippen molar-refractivity contribution in [1.29, 1.82) is 0 Å². The van der Waals surface area contributed by atoms with Gasteiger partial charge in [0.15, 0.2) is 0 Å². The van der Waals surface area contributed by atoms with Gasteiger partial charge in [-0.3, -0.25) is 14.2 Å². The first kappa shape index (κ1) is 21.4. The largest absolute Gasteiger partial charge is 0.337 e. The molecule has 7 heteroatoms. The van der Waals surface area contributed by atoms with Crippen LogP contribution >= 0.6 is 11.3 Å². The molecular weight excluding hydrogens is 434 g/mol. The predicted octanol–water partition coefficient (Wildman–Crippen LogP) is 3.78. The first-order valence-corrected chi connectivity index (χ1v) is 11.8. The van der Waals surface area contributed by atoms with Gasteiger partial charge in [-0.25, -0.2) is 9.36 Å². The minimum atomic E-state index is -0.346. The zero-order valence-electron chi connectivity index (χ0n) is 18.9. The molecule has 1 amide bonds. The number of hydrogen-bond donors (Lipinski definition) is 0. The Balaban J connectivity index is 1.81. The molecule has 0 unspecified atom stereocenters. The second-order valence-corrected chi connectivity index (χ2v) is 9.73. The molecule has 6 nitrogen and oxygen atoms in total. The van der Waals surface area contributed by atoms with Crippen molar-refractivity contribution in [2.24, 2.45) is 0 Å². The molecule has 2 aromatic carbocycles. The van der Waals surface area contributed by atoms with E-state index in [2.05, 4.69) is 0 Å². The number of nitrogens with zero attached hydrogens (tertiary/aromatic N) is 3. The molecule has 0 atom stereocenters. The lowest BCUT2D eigenvalue weighted by Crippen LogP contribution is -2.39. The third-order valence-corrected chi connectivity index (χ3v) is 7.69. The molecule has 0 spiro atoms. The minimum Gasteiger partial charge on any atom is -0.337 e. The van der Waals surface area contributed by atoms with Crippen LogP contribution in [0.4, 0.5) is 0 Å². The normalized spacial score (nSPS) is 13.4. The van der Waals surface area contributed by atoms with E-state index in [1.165, 1.54) is 15.9 Å². The van der Waals surface area contributed by atoms with Crippen molar-refractivity contribution in [1.82, 2.24) is 14.0 Å². The molecule has 0 fully saturated rings. The molecule has 4 aromatic rings. The zero-order chi connectivity index (χ0) is 23.3. The highest BCUT2D eigenvalue weighted by atomic mass is 32.1. The van der Waals surface area contributed by atoms with E-state index < -0.39 is 0 Å².